The minimum Gasteiger partial charge on any atom is -0.451 e. The Morgan fingerprint density at radius 1 is 0.773 bits per heavy atom. The molecule has 11 nitrogen and oxygen atoms in total. The molecular weight excluding hydrogens is 590 g/mol. The molecule has 12 heteroatoms. The SMILES string of the molecule is CC[C@H](N)C(=O)N[C@@H](CO)[C@@H](O)[C@@H](O)[C@H](O)C(=O)C(c1ccccc1)[C@H](N)C(=O)OC(c1ccccc1)c1ccccc1.Cl. The van der Waals surface area contributed by atoms with E-state index < -0.39 is 72.7 Å². The molecule has 0 aliphatic rings. The van der Waals surface area contributed by atoms with E-state index in [1.165, 1.54) is 12.1 Å². The van der Waals surface area contributed by atoms with E-state index in [9.17, 15) is 34.8 Å². The first-order valence-electron chi connectivity index (χ1n) is 14.0. The summed E-state index contributed by atoms with van der Waals surface area (Å²) in [6.07, 6.45) is -6.99. The first kappa shape index (κ1) is 36.5. The van der Waals surface area contributed by atoms with Gasteiger partial charge in [-0.2, -0.15) is 0 Å². The summed E-state index contributed by atoms with van der Waals surface area (Å²) in [6.45, 7) is 0.835. The molecule has 7 atom stereocenters. The Morgan fingerprint density at radius 2 is 1.23 bits per heavy atom. The Morgan fingerprint density at radius 3 is 1.66 bits per heavy atom. The number of hydrogen-bond donors (Lipinski definition) is 7. The zero-order chi connectivity index (χ0) is 31.5. The molecule has 0 bridgehead atoms. The molecule has 0 saturated heterocycles. The number of nitrogens with two attached hydrogens (primary N) is 2. The van der Waals surface area contributed by atoms with Crippen LogP contribution in [-0.2, 0) is 19.1 Å². The number of rotatable bonds is 15. The molecule has 1 unspecified atom stereocenters. The second-order valence-electron chi connectivity index (χ2n) is 10.2. The topological polar surface area (TPSA) is 205 Å². The van der Waals surface area contributed by atoms with Crippen molar-refractivity contribution in [3.63, 3.8) is 0 Å². The van der Waals surface area contributed by atoms with Crippen molar-refractivity contribution in [3.8, 4) is 0 Å². The number of nitrogens with one attached hydrogen (secondary N) is 1. The van der Waals surface area contributed by atoms with Gasteiger partial charge in [-0.05, 0) is 23.1 Å². The molecule has 3 rings (SSSR count). The van der Waals surface area contributed by atoms with E-state index >= 15 is 0 Å². The molecule has 1 amide bonds. The van der Waals surface area contributed by atoms with Crippen LogP contribution in [0.3, 0.4) is 0 Å². The maximum Gasteiger partial charge on any atom is 0.324 e. The highest BCUT2D eigenvalue weighted by Gasteiger charge is 2.43. The third-order valence-electron chi connectivity index (χ3n) is 7.21. The highest BCUT2D eigenvalue weighted by atomic mass is 35.5. The lowest BCUT2D eigenvalue weighted by Crippen LogP contribution is -2.58. The van der Waals surface area contributed by atoms with Crippen LogP contribution >= 0.6 is 12.4 Å². The van der Waals surface area contributed by atoms with E-state index in [-0.39, 0.29) is 24.4 Å². The van der Waals surface area contributed by atoms with Crippen LogP contribution in [0.2, 0.25) is 0 Å². The molecule has 0 aliphatic carbocycles. The van der Waals surface area contributed by atoms with Crippen molar-refractivity contribution < 1.29 is 39.5 Å². The van der Waals surface area contributed by atoms with Crippen LogP contribution in [0.25, 0.3) is 0 Å². The summed E-state index contributed by atoms with van der Waals surface area (Å²) in [5.74, 6) is -4.22. The zero-order valence-electron chi connectivity index (χ0n) is 24.2. The molecule has 0 aromatic heterocycles. The average Bonchev–Trinajstić information content (AvgIpc) is 3.05. The number of Topliss-reactive ketones (excluding diaryl/α,β-unsaturated/α-hetero) is 1. The number of carbonyl (C=O) groups is 3. The number of halogens is 1. The van der Waals surface area contributed by atoms with Crippen LogP contribution in [-0.4, -0.2) is 81.1 Å². The second kappa shape index (κ2) is 17.6. The molecule has 44 heavy (non-hydrogen) atoms. The third-order valence-corrected chi connectivity index (χ3v) is 7.21. The summed E-state index contributed by atoms with van der Waals surface area (Å²) in [6, 6.07) is 21.8. The minimum absolute atomic E-state index is 0. The highest BCUT2D eigenvalue weighted by molar-refractivity contribution is 5.96. The molecule has 9 N–H and O–H groups in total. The molecule has 238 valence electrons. The van der Waals surface area contributed by atoms with Gasteiger partial charge in [0.2, 0.25) is 5.91 Å². The Kier molecular flexibility index (Phi) is 14.6. The first-order chi connectivity index (χ1) is 20.6. The van der Waals surface area contributed by atoms with Crippen molar-refractivity contribution in [2.75, 3.05) is 6.61 Å². The summed E-state index contributed by atoms with van der Waals surface area (Å²) in [5.41, 5.74) is 13.6. The van der Waals surface area contributed by atoms with Gasteiger partial charge in [0.25, 0.3) is 0 Å². The van der Waals surface area contributed by atoms with Gasteiger partial charge in [0.1, 0.15) is 24.4 Å². The normalized spacial score (nSPS) is 15.9. The van der Waals surface area contributed by atoms with Crippen LogP contribution in [0, 0.1) is 0 Å². The van der Waals surface area contributed by atoms with Crippen molar-refractivity contribution >= 4 is 30.1 Å². The van der Waals surface area contributed by atoms with Crippen molar-refractivity contribution in [1.82, 2.24) is 5.32 Å². The first-order valence-corrected chi connectivity index (χ1v) is 14.0. The minimum atomic E-state index is -2.26. The van der Waals surface area contributed by atoms with Gasteiger partial charge in [-0.15, -0.1) is 12.4 Å². The van der Waals surface area contributed by atoms with Crippen LogP contribution in [0.5, 0.6) is 0 Å². The Balaban J connectivity index is 0.00000675. The number of amides is 1. The fourth-order valence-electron chi connectivity index (χ4n) is 4.62. The number of esters is 1. The second-order valence-corrected chi connectivity index (χ2v) is 10.2. The highest BCUT2D eigenvalue weighted by Crippen LogP contribution is 2.29. The molecule has 0 radical (unpaired) electrons. The lowest BCUT2D eigenvalue weighted by molar-refractivity contribution is -0.154. The number of ketones is 1. The monoisotopic (exact) mass is 629 g/mol. The van der Waals surface area contributed by atoms with Gasteiger partial charge in [0, 0.05) is 0 Å². The molecule has 0 aliphatic heterocycles. The number of aliphatic hydroxyl groups excluding tert-OH is 4. The lowest BCUT2D eigenvalue weighted by Gasteiger charge is -2.32. The summed E-state index contributed by atoms with van der Waals surface area (Å²) in [4.78, 5) is 39.4. The fraction of sp³-hybridized carbons (Fsp3) is 0.344. The number of carbonyl (C=O) groups excluding carboxylic acids is 3. The number of ether oxygens (including phenoxy) is 1. The van der Waals surface area contributed by atoms with E-state index in [1.807, 2.05) is 12.1 Å². The molecule has 0 saturated carbocycles. The third kappa shape index (κ3) is 9.16. The number of aliphatic hydroxyl groups is 4. The van der Waals surface area contributed by atoms with Crippen molar-refractivity contribution in [2.45, 2.75) is 61.8 Å². The van der Waals surface area contributed by atoms with Crippen LogP contribution in [0.1, 0.15) is 42.1 Å². The van der Waals surface area contributed by atoms with Crippen molar-refractivity contribution in [2.24, 2.45) is 11.5 Å². The predicted molar refractivity (Wildman–Crippen MR) is 166 cm³/mol. The van der Waals surface area contributed by atoms with E-state index in [2.05, 4.69) is 5.32 Å². The maximum atomic E-state index is 13.7. The maximum absolute atomic E-state index is 13.7. The molecule has 3 aromatic rings. The molecule has 0 heterocycles. The van der Waals surface area contributed by atoms with Crippen LogP contribution in [0.4, 0.5) is 0 Å². The smallest absolute Gasteiger partial charge is 0.324 e. The number of hydrogen-bond acceptors (Lipinski definition) is 10. The van der Waals surface area contributed by atoms with Gasteiger partial charge in [-0.1, -0.05) is 97.9 Å². The average molecular weight is 630 g/mol. The Bertz CT molecular complexity index is 1280. The van der Waals surface area contributed by atoms with Gasteiger partial charge < -0.3 is 41.9 Å². The standard InChI is InChI=1S/C32H39N3O8.ClH/c1-2-22(33)31(41)35-23(18-36)26(37)28(39)29(40)27(38)24(19-12-6-3-7-13-19)25(34)32(42)43-30(20-14-8-4-9-15-20)21-16-10-5-11-17-21;/h3-17,22-26,28-30,36-37,39-40H,2,18,33-34H2,1H3,(H,35,41);1H/t22-,23-,24?,25-,26+,28+,29+;/m0./s1. The van der Waals surface area contributed by atoms with Crippen molar-refractivity contribution in [3.05, 3.63) is 108 Å². The van der Waals surface area contributed by atoms with E-state index in [0.717, 1.165) is 0 Å². The largest absolute Gasteiger partial charge is 0.451 e. The van der Waals surface area contributed by atoms with Gasteiger partial charge in [-0.3, -0.25) is 14.4 Å². The molecular formula is C32H40ClN3O8. The fourth-order valence-corrected chi connectivity index (χ4v) is 4.62. The molecule has 0 spiro atoms. The molecule has 0 fully saturated rings. The zero-order valence-corrected chi connectivity index (χ0v) is 25.0. The summed E-state index contributed by atoms with van der Waals surface area (Å²) >= 11 is 0. The summed E-state index contributed by atoms with van der Waals surface area (Å²) < 4.78 is 5.86. The predicted octanol–water partition coefficient (Wildman–Crippen LogP) is 0.718. The van der Waals surface area contributed by atoms with Crippen LogP contribution in [0.15, 0.2) is 91.0 Å². The Hall–Kier alpha value is -3.68. The lowest BCUT2D eigenvalue weighted by atomic mass is 9.83. The van der Waals surface area contributed by atoms with E-state index in [4.69, 9.17) is 16.2 Å². The quantitative estimate of drug-likeness (QED) is 0.117. The van der Waals surface area contributed by atoms with Gasteiger partial charge >= 0.3 is 5.97 Å². The van der Waals surface area contributed by atoms with E-state index in [0.29, 0.717) is 11.1 Å². The summed E-state index contributed by atoms with van der Waals surface area (Å²) in [5, 5.41) is 44.3. The Labute approximate surface area is 262 Å². The van der Waals surface area contributed by atoms with Gasteiger partial charge in [-0.25, -0.2) is 0 Å². The van der Waals surface area contributed by atoms with E-state index in [1.54, 1.807) is 73.7 Å². The van der Waals surface area contributed by atoms with Gasteiger partial charge in [0.05, 0.1) is 24.6 Å². The van der Waals surface area contributed by atoms with Gasteiger partial charge in [0.15, 0.2) is 11.9 Å². The van der Waals surface area contributed by atoms with Crippen molar-refractivity contribution in [1.29, 1.82) is 0 Å². The van der Waals surface area contributed by atoms with Crippen LogP contribution < -0.4 is 16.8 Å². The molecule has 3 aromatic carbocycles. The summed E-state index contributed by atoms with van der Waals surface area (Å²) in [7, 11) is 0. The number of benzene rings is 3.